The number of anilines is 1. The molecule has 0 radical (unpaired) electrons. The van der Waals surface area contributed by atoms with Gasteiger partial charge in [0.2, 0.25) is 11.8 Å². The van der Waals surface area contributed by atoms with Gasteiger partial charge in [-0.2, -0.15) is 0 Å². The fourth-order valence-electron chi connectivity index (χ4n) is 3.55. The summed E-state index contributed by atoms with van der Waals surface area (Å²) in [5, 5.41) is 8.57. The van der Waals surface area contributed by atoms with Crippen LogP contribution in [0.25, 0.3) is 11.0 Å². The normalized spacial score (nSPS) is 13.2. The van der Waals surface area contributed by atoms with Gasteiger partial charge in [0.05, 0.1) is 16.8 Å². The molecule has 3 heterocycles. The van der Waals surface area contributed by atoms with Crippen molar-refractivity contribution in [2.45, 2.75) is 24.5 Å². The van der Waals surface area contributed by atoms with E-state index in [-0.39, 0.29) is 11.7 Å². The van der Waals surface area contributed by atoms with E-state index in [9.17, 15) is 4.79 Å². The molecular weight excluding hydrogens is 386 g/mol. The van der Waals surface area contributed by atoms with Crippen LogP contribution in [0, 0.1) is 0 Å². The molecule has 0 fully saturated rings. The van der Waals surface area contributed by atoms with Gasteiger partial charge in [-0.1, -0.05) is 42.1 Å². The SMILES string of the molecule is O=C(CSc1nnc(CCc2nc3ccccc3[nH]2)o1)N1CCc2ccccc21. The summed E-state index contributed by atoms with van der Waals surface area (Å²) in [7, 11) is 0. The van der Waals surface area contributed by atoms with Gasteiger partial charge in [0.15, 0.2) is 0 Å². The van der Waals surface area contributed by atoms with Crippen LogP contribution in [0.4, 0.5) is 5.69 Å². The van der Waals surface area contributed by atoms with E-state index in [1.165, 1.54) is 17.3 Å². The largest absolute Gasteiger partial charge is 0.416 e. The zero-order valence-electron chi connectivity index (χ0n) is 15.7. The van der Waals surface area contributed by atoms with Gasteiger partial charge >= 0.3 is 0 Å². The first-order valence-corrected chi connectivity index (χ1v) is 10.5. The van der Waals surface area contributed by atoms with E-state index in [0.29, 0.717) is 24.0 Å². The summed E-state index contributed by atoms with van der Waals surface area (Å²) in [6.45, 7) is 0.728. The quantitative estimate of drug-likeness (QED) is 0.495. The molecule has 29 heavy (non-hydrogen) atoms. The monoisotopic (exact) mass is 405 g/mol. The van der Waals surface area contributed by atoms with Crippen molar-refractivity contribution in [2.24, 2.45) is 0 Å². The Morgan fingerprint density at radius 2 is 1.97 bits per heavy atom. The molecule has 2 aromatic carbocycles. The lowest BCUT2D eigenvalue weighted by atomic mass is 10.2. The fraction of sp³-hybridized carbons (Fsp3) is 0.238. The molecule has 0 saturated carbocycles. The summed E-state index contributed by atoms with van der Waals surface area (Å²) >= 11 is 1.28. The number of aromatic nitrogens is 4. The van der Waals surface area contributed by atoms with Gasteiger partial charge in [0, 0.05) is 25.1 Å². The van der Waals surface area contributed by atoms with Crippen molar-refractivity contribution in [3.63, 3.8) is 0 Å². The fourth-order valence-corrected chi connectivity index (χ4v) is 4.20. The number of rotatable bonds is 6. The average Bonchev–Trinajstić information content (AvgIpc) is 3.48. The number of amides is 1. The third-order valence-corrected chi connectivity index (χ3v) is 5.77. The molecule has 5 rings (SSSR count). The number of carbonyl (C=O) groups excluding carboxylic acids is 1. The molecule has 1 N–H and O–H groups in total. The van der Waals surface area contributed by atoms with Crippen molar-refractivity contribution in [2.75, 3.05) is 17.2 Å². The third-order valence-electron chi connectivity index (χ3n) is 4.97. The van der Waals surface area contributed by atoms with Gasteiger partial charge in [-0.15, -0.1) is 10.2 Å². The predicted octanol–water partition coefficient (Wildman–Crippen LogP) is 3.41. The van der Waals surface area contributed by atoms with Crippen LogP contribution in [0.15, 0.2) is 58.2 Å². The number of para-hydroxylation sites is 3. The van der Waals surface area contributed by atoms with Gasteiger partial charge in [-0.05, 0) is 30.2 Å². The Morgan fingerprint density at radius 1 is 1.10 bits per heavy atom. The van der Waals surface area contributed by atoms with Crippen LogP contribution in [0.3, 0.4) is 0 Å². The first-order valence-electron chi connectivity index (χ1n) is 9.53. The van der Waals surface area contributed by atoms with Crippen molar-refractivity contribution in [3.05, 3.63) is 65.8 Å². The number of benzene rings is 2. The highest BCUT2D eigenvalue weighted by Gasteiger charge is 2.24. The van der Waals surface area contributed by atoms with Crippen molar-refractivity contribution in [1.29, 1.82) is 0 Å². The average molecular weight is 405 g/mol. The molecule has 4 aromatic rings. The predicted molar refractivity (Wildman–Crippen MR) is 111 cm³/mol. The van der Waals surface area contributed by atoms with Gasteiger partial charge in [-0.3, -0.25) is 4.79 Å². The van der Waals surface area contributed by atoms with E-state index < -0.39 is 0 Å². The highest BCUT2D eigenvalue weighted by molar-refractivity contribution is 7.99. The Morgan fingerprint density at radius 3 is 2.90 bits per heavy atom. The van der Waals surface area contributed by atoms with Gasteiger partial charge in [0.25, 0.3) is 5.22 Å². The Bertz CT molecular complexity index is 1140. The van der Waals surface area contributed by atoms with Crippen LogP contribution in [0.2, 0.25) is 0 Å². The molecule has 0 aliphatic carbocycles. The lowest BCUT2D eigenvalue weighted by molar-refractivity contribution is -0.116. The maximum atomic E-state index is 12.6. The molecule has 0 spiro atoms. The Hall–Kier alpha value is -3.13. The van der Waals surface area contributed by atoms with Gasteiger partial charge < -0.3 is 14.3 Å². The third kappa shape index (κ3) is 3.75. The first-order chi connectivity index (χ1) is 14.3. The molecule has 146 valence electrons. The van der Waals surface area contributed by atoms with Crippen LogP contribution in [0.5, 0.6) is 0 Å². The smallest absolute Gasteiger partial charge is 0.277 e. The number of H-pyrrole nitrogens is 1. The van der Waals surface area contributed by atoms with Crippen molar-refractivity contribution in [3.8, 4) is 0 Å². The maximum absolute atomic E-state index is 12.6. The highest BCUT2D eigenvalue weighted by atomic mass is 32.2. The molecule has 0 saturated heterocycles. The second kappa shape index (κ2) is 7.71. The summed E-state index contributed by atoms with van der Waals surface area (Å²) < 4.78 is 5.69. The number of carbonyl (C=O) groups is 1. The molecule has 0 unspecified atom stereocenters. The molecule has 2 aromatic heterocycles. The topological polar surface area (TPSA) is 87.9 Å². The molecule has 0 bridgehead atoms. The number of aryl methyl sites for hydroxylation is 2. The van der Waals surface area contributed by atoms with Crippen molar-refractivity contribution >= 4 is 34.4 Å². The lowest BCUT2D eigenvalue weighted by Gasteiger charge is -2.16. The highest BCUT2D eigenvalue weighted by Crippen LogP contribution is 2.28. The van der Waals surface area contributed by atoms with Crippen LogP contribution < -0.4 is 4.90 Å². The standard InChI is InChI=1S/C21H19N5O2S/c27-20(26-12-11-14-5-1-4-8-17(14)26)13-29-21-25-24-19(28-21)10-9-18-22-15-6-2-3-7-16(15)23-18/h1-8H,9-13H2,(H,22,23). The van der Waals surface area contributed by atoms with Crippen LogP contribution >= 0.6 is 11.8 Å². The lowest BCUT2D eigenvalue weighted by Crippen LogP contribution is -2.30. The van der Waals surface area contributed by atoms with E-state index in [4.69, 9.17) is 4.42 Å². The Kier molecular flexibility index (Phi) is 4.77. The molecule has 0 atom stereocenters. The van der Waals surface area contributed by atoms with Gasteiger partial charge in [-0.25, -0.2) is 4.98 Å². The molecule has 1 amide bonds. The molecule has 1 aliphatic heterocycles. The van der Waals surface area contributed by atoms with Crippen LogP contribution in [0.1, 0.15) is 17.3 Å². The number of hydrogen-bond donors (Lipinski definition) is 1. The number of aromatic amines is 1. The number of hydrogen-bond acceptors (Lipinski definition) is 6. The van der Waals surface area contributed by atoms with Crippen LogP contribution in [-0.4, -0.2) is 38.4 Å². The number of nitrogens with one attached hydrogen (secondary N) is 1. The Labute approximate surface area is 171 Å². The van der Waals surface area contributed by atoms with E-state index in [0.717, 1.165) is 35.5 Å². The Balaban J connectivity index is 1.16. The first kappa shape index (κ1) is 17.9. The molecular formula is C21H19N5O2S. The van der Waals surface area contributed by atoms with Crippen molar-refractivity contribution < 1.29 is 9.21 Å². The summed E-state index contributed by atoms with van der Waals surface area (Å²) in [5.74, 6) is 1.77. The second-order valence-electron chi connectivity index (χ2n) is 6.88. The minimum atomic E-state index is 0.0574. The van der Waals surface area contributed by atoms with E-state index in [1.54, 1.807) is 0 Å². The molecule has 1 aliphatic rings. The summed E-state index contributed by atoms with van der Waals surface area (Å²) in [6.07, 6.45) is 2.18. The second-order valence-corrected chi connectivity index (χ2v) is 7.80. The summed E-state index contributed by atoms with van der Waals surface area (Å²) in [4.78, 5) is 22.3. The van der Waals surface area contributed by atoms with Crippen molar-refractivity contribution in [1.82, 2.24) is 20.2 Å². The van der Waals surface area contributed by atoms with E-state index in [1.807, 2.05) is 47.4 Å². The van der Waals surface area contributed by atoms with Gasteiger partial charge in [0.1, 0.15) is 5.82 Å². The number of nitrogens with zero attached hydrogens (tertiary/aromatic N) is 4. The van der Waals surface area contributed by atoms with E-state index in [2.05, 4.69) is 26.2 Å². The number of fused-ring (bicyclic) bond motifs is 2. The zero-order valence-corrected chi connectivity index (χ0v) is 16.5. The van der Waals surface area contributed by atoms with Crippen LogP contribution in [-0.2, 0) is 24.1 Å². The number of thioether (sulfide) groups is 1. The minimum Gasteiger partial charge on any atom is -0.416 e. The molecule has 8 heteroatoms. The summed E-state index contributed by atoms with van der Waals surface area (Å²) in [5.41, 5.74) is 4.20. The molecule has 7 nitrogen and oxygen atoms in total. The minimum absolute atomic E-state index is 0.0574. The summed E-state index contributed by atoms with van der Waals surface area (Å²) in [6, 6.07) is 16.0. The van der Waals surface area contributed by atoms with E-state index >= 15 is 0 Å². The zero-order chi connectivity index (χ0) is 19.6. The maximum Gasteiger partial charge on any atom is 0.277 e. The number of imidazole rings is 1.